The van der Waals surface area contributed by atoms with Gasteiger partial charge in [0.1, 0.15) is 23.2 Å². The molecule has 0 unspecified atom stereocenters. The Morgan fingerprint density at radius 1 is 1.29 bits per heavy atom. The van der Waals surface area contributed by atoms with Crippen molar-refractivity contribution in [3.8, 4) is 0 Å². The Kier molecular flexibility index (Phi) is 5.41. The monoisotopic (exact) mass is 296 g/mol. The van der Waals surface area contributed by atoms with Crippen molar-refractivity contribution in [3.05, 3.63) is 29.8 Å². The highest BCUT2D eigenvalue weighted by Crippen LogP contribution is 2.13. The van der Waals surface area contributed by atoms with Crippen LogP contribution in [-0.4, -0.2) is 28.5 Å². The number of carbonyl (C=O) groups excluding carboxylic acids is 2. The van der Waals surface area contributed by atoms with E-state index in [0.717, 1.165) is 12.3 Å². The molecule has 6 heteroatoms. The van der Waals surface area contributed by atoms with Crippen LogP contribution in [0.3, 0.4) is 0 Å². The van der Waals surface area contributed by atoms with Crippen LogP contribution in [0.1, 0.15) is 45.1 Å². The number of nitrogens with one attached hydrogen (secondary N) is 1. The fourth-order valence-electron chi connectivity index (χ4n) is 1.59. The van der Waals surface area contributed by atoms with Crippen molar-refractivity contribution in [2.75, 3.05) is 0 Å². The van der Waals surface area contributed by atoms with E-state index in [2.05, 4.69) is 10.3 Å². The van der Waals surface area contributed by atoms with E-state index in [1.54, 1.807) is 34.6 Å². The van der Waals surface area contributed by atoms with Crippen LogP contribution in [0.15, 0.2) is 18.3 Å². The zero-order chi connectivity index (χ0) is 16.2. The molecule has 0 aliphatic heterocycles. The number of hydrogen-bond acceptors (Lipinski definition) is 4. The summed E-state index contributed by atoms with van der Waals surface area (Å²) in [7, 11) is 0. The summed E-state index contributed by atoms with van der Waals surface area (Å²) in [5.41, 5.74) is -0.589. The molecule has 1 heterocycles. The third kappa shape index (κ3) is 5.49. The first-order valence-corrected chi connectivity index (χ1v) is 6.75. The summed E-state index contributed by atoms with van der Waals surface area (Å²) in [5.74, 6) is -1.73. The Balaban J connectivity index is 2.81. The summed E-state index contributed by atoms with van der Waals surface area (Å²) >= 11 is 0. The van der Waals surface area contributed by atoms with Gasteiger partial charge in [0.05, 0.1) is 6.20 Å². The van der Waals surface area contributed by atoms with Gasteiger partial charge < -0.3 is 10.1 Å². The van der Waals surface area contributed by atoms with Gasteiger partial charge in [-0.1, -0.05) is 13.8 Å². The van der Waals surface area contributed by atoms with Gasteiger partial charge in [0.25, 0.3) is 5.91 Å². The zero-order valence-corrected chi connectivity index (χ0v) is 12.9. The molecule has 0 aliphatic rings. The predicted octanol–water partition coefficient (Wildman–Crippen LogP) is 2.32. The highest BCUT2D eigenvalue weighted by molar-refractivity contribution is 5.95. The first-order chi connectivity index (χ1) is 9.60. The molecule has 116 valence electrons. The molecule has 0 spiro atoms. The molecule has 1 N–H and O–H groups in total. The number of pyridine rings is 1. The fraction of sp³-hybridized carbons (Fsp3) is 0.533. The second kappa shape index (κ2) is 6.65. The second-order valence-corrected chi connectivity index (χ2v) is 6.09. The molecule has 0 saturated carbocycles. The topological polar surface area (TPSA) is 68.3 Å². The van der Waals surface area contributed by atoms with Gasteiger partial charge in [-0.15, -0.1) is 0 Å². The normalized spacial score (nSPS) is 12.9. The van der Waals surface area contributed by atoms with Crippen LogP contribution in [-0.2, 0) is 9.53 Å². The summed E-state index contributed by atoms with van der Waals surface area (Å²) in [6.07, 6.45) is 0.951. The van der Waals surface area contributed by atoms with E-state index < -0.39 is 29.3 Å². The van der Waals surface area contributed by atoms with Crippen LogP contribution in [0.25, 0.3) is 0 Å². The Bertz CT molecular complexity index is 507. The number of esters is 1. The highest BCUT2D eigenvalue weighted by Gasteiger charge is 2.29. The van der Waals surface area contributed by atoms with Gasteiger partial charge in [0, 0.05) is 0 Å². The SMILES string of the molecule is CC(C)[C@H](NC(=O)c1ccc(F)cn1)C(=O)OC(C)(C)C. The minimum absolute atomic E-state index is 0.0469. The molecule has 0 bridgehead atoms. The van der Waals surface area contributed by atoms with Crippen molar-refractivity contribution in [2.45, 2.75) is 46.3 Å². The number of rotatable bonds is 4. The quantitative estimate of drug-likeness (QED) is 0.866. The lowest BCUT2D eigenvalue weighted by Crippen LogP contribution is -2.47. The molecule has 0 aliphatic carbocycles. The van der Waals surface area contributed by atoms with Gasteiger partial charge >= 0.3 is 5.97 Å². The van der Waals surface area contributed by atoms with E-state index in [-0.39, 0.29) is 11.6 Å². The van der Waals surface area contributed by atoms with Crippen molar-refractivity contribution < 1.29 is 18.7 Å². The van der Waals surface area contributed by atoms with Gasteiger partial charge in [-0.25, -0.2) is 14.2 Å². The van der Waals surface area contributed by atoms with Crippen molar-refractivity contribution in [3.63, 3.8) is 0 Å². The second-order valence-electron chi connectivity index (χ2n) is 6.09. The molecule has 0 saturated heterocycles. The standard InChI is InChI=1S/C15H21FN2O3/c1-9(2)12(14(20)21-15(3,4)5)18-13(19)11-7-6-10(16)8-17-11/h6-9,12H,1-5H3,(H,18,19)/t12-/m0/s1. The number of halogens is 1. The Hall–Kier alpha value is -1.98. The molecule has 1 atom stereocenters. The van der Waals surface area contributed by atoms with Crippen LogP contribution in [0, 0.1) is 11.7 Å². The molecular weight excluding hydrogens is 275 g/mol. The van der Waals surface area contributed by atoms with E-state index in [4.69, 9.17) is 4.74 Å². The maximum Gasteiger partial charge on any atom is 0.329 e. The van der Waals surface area contributed by atoms with Crippen molar-refractivity contribution in [1.29, 1.82) is 0 Å². The van der Waals surface area contributed by atoms with Gasteiger partial charge in [-0.2, -0.15) is 0 Å². The number of amides is 1. The summed E-state index contributed by atoms with van der Waals surface area (Å²) in [6, 6.07) is 1.61. The first-order valence-electron chi connectivity index (χ1n) is 6.75. The Morgan fingerprint density at radius 3 is 2.33 bits per heavy atom. The summed E-state index contributed by atoms with van der Waals surface area (Å²) in [6.45, 7) is 8.86. The number of aromatic nitrogens is 1. The van der Waals surface area contributed by atoms with Crippen molar-refractivity contribution >= 4 is 11.9 Å². The van der Waals surface area contributed by atoms with E-state index in [9.17, 15) is 14.0 Å². The van der Waals surface area contributed by atoms with Crippen LogP contribution in [0.2, 0.25) is 0 Å². The molecule has 1 aromatic heterocycles. The minimum Gasteiger partial charge on any atom is -0.458 e. The van der Waals surface area contributed by atoms with Crippen LogP contribution in [0.5, 0.6) is 0 Å². The molecule has 5 nitrogen and oxygen atoms in total. The molecule has 1 rings (SSSR count). The smallest absolute Gasteiger partial charge is 0.329 e. The predicted molar refractivity (Wildman–Crippen MR) is 76.1 cm³/mol. The van der Waals surface area contributed by atoms with Crippen LogP contribution >= 0.6 is 0 Å². The fourth-order valence-corrected chi connectivity index (χ4v) is 1.59. The number of ether oxygens (including phenoxy) is 1. The maximum atomic E-state index is 12.8. The molecule has 0 fully saturated rings. The van der Waals surface area contributed by atoms with E-state index in [1.165, 1.54) is 6.07 Å². The molecular formula is C15H21FN2O3. The van der Waals surface area contributed by atoms with Gasteiger partial charge in [0.15, 0.2) is 0 Å². The number of carbonyl (C=O) groups is 2. The molecule has 0 aromatic carbocycles. The summed E-state index contributed by atoms with van der Waals surface area (Å²) in [4.78, 5) is 27.8. The Labute approximate surface area is 123 Å². The molecule has 21 heavy (non-hydrogen) atoms. The van der Waals surface area contributed by atoms with Crippen LogP contribution < -0.4 is 5.32 Å². The first kappa shape index (κ1) is 17.1. The van der Waals surface area contributed by atoms with E-state index in [0.29, 0.717) is 0 Å². The lowest BCUT2D eigenvalue weighted by Gasteiger charge is -2.26. The highest BCUT2D eigenvalue weighted by atomic mass is 19.1. The third-order valence-corrected chi connectivity index (χ3v) is 2.57. The molecule has 0 radical (unpaired) electrons. The molecule has 1 amide bonds. The average Bonchev–Trinajstić information content (AvgIpc) is 2.33. The van der Waals surface area contributed by atoms with Gasteiger partial charge in [-0.3, -0.25) is 4.79 Å². The summed E-state index contributed by atoms with van der Waals surface area (Å²) in [5, 5.41) is 2.58. The third-order valence-electron chi connectivity index (χ3n) is 2.57. The van der Waals surface area contributed by atoms with Crippen molar-refractivity contribution in [1.82, 2.24) is 10.3 Å². The largest absolute Gasteiger partial charge is 0.458 e. The maximum absolute atomic E-state index is 12.8. The van der Waals surface area contributed by atoms with E-state index in [1.807, 2.05) is 0 Å². The summed E-state index contributed by atoms with van der Waals surface area (Å²) < 4.78 is 18.1. The lowest BCUT2D eigenvalue weighted by molar-refractivity contribution is -0.158. The lowest BCUT2D eigenvalue weighted by atomic mass is 10.0. The van der Waals surface area contributed by atoms with Gasteiger partial charge in [-0.05, 0) is 38.8 Å². The number of nitrogens with zero attached hydrogens (tertiary/aromatic N) is 1. The molecule has 1 aromatic rings. The van der Waals surface area contributed by atoms with Crippen LogP contribution in [0.4, 0.5) is 4.39 Å². The number of hydrogen-bond donors (Lipinski definition) is 1. The average molecular weight is 296 g/mol. The Morgan fingerprint density at radius 2 is 1.90 bits per heavy atom. The van der Waals surface area contributed by atoms with Gasteiger partial charge in [0.2, 0.25) is 0 Å². The zero-order valence-electron chi connectivity index (χ0n) is 12.9. The van der Waals surface area contributed by atoms with E-state index >= 15 is 0 Å². The minimum atomic E-state index is -0.788. The van der Waals surface area contributed by atoms with Crippen molar-refractivity contribution in [2.24, 2.45) is 5.92 Å².